The van der Waals surface area contributed by atoms with Crippen molar-refractivity contribution in [1.82, 2.24) is 9.59 Å². The van der Waals surface area contributed by atoms with Crippen molar-refractivity contribution in [2.45, 2.75) is 25.8 Å². The first-order valence-corrected chi connectivity index (χ1v) is 7.27. The molecule has 1 aliphatic rings. The number of aromatic nitrogens is 2. The summed E-state index contributed by atoms with van der Waals surface area (Å²) in [6, 6.07) is 8.01. The van der Waals surface area contributed by atoms with Crippen LogP contribution in [0.1, 0.15) is 28.5 Å². The number of nitrogens with zero attached hydrogens (tertiary/aromatic N) is 2. The van der Waals surface area contributed by atoms with Gasteiger partial charge in [-0.1, -0.05) is 16.6 Å². The molecule has 0 saturated heterocycles. The van der Waals surface area contributed by atoms with E-state index in [1.165, 1.54) is 11.5 Å². The molecule has 20 heavy (non-hydrogen) atoms. The third-order valence-electron chi connectivity index (χ3n) is 3.64. The molecule has 1 fully saturated rings. The largest absolute Gasteiger partial charge is 0.481 e. The van der Waals surface area contributed by atoms with Crippen molar-refractivity contribution in [1.29, 1.82) is 0 Å². The third kappa shape index (κ3) is 2.65. The van der Waals surface area contributed by atoms with Gasteiger partial charge in [0.05, 0.1) is 23.0 Å². The highest BCUT2D eigenvalue weighted by Crippen LogP contribution is 2.47. The fraction of sp³-hybridized carbons (Fsp3) is 0.357. The van der Waals surface area contributed by atoms with Crippen molar-refractivity contribution in [3.8, 4) is 0 Å². The molecule has 1 aliphatic carbocycles. The molecule has 1 heterocycles. The van der Waals surface area contributed by atoms with E-state index in [-0.39, 0.29) is 11.8 Å². The average Bonchev–Trinajstić information content (AvgIpc) is 3.15. The Morgan fingerprint density at radius 3 is 2.75 bits per heavy atom. The second-order valence-electron chi connectivity index (χ2n) is 5.04. The summed E-state index contributed by atoms with van der Waals surface area (Å²) in [6.07, 6.45) is 0.758. The van der Waals surface area contributed by atoms with Gasteiger partial charge >= 0.3 is 5.97 Å². The number of hydrogen-bond acceptors (Lipinski definition) is 5. The lowest BCUT2D eigenvalue weighted by Crippen LogP contribution is -2.00. The summed E-state index contributed by atoms with van der Waals surface area (Å²) in [5.74, 6) is -0.695. The number of anilines is 1. The van der Waals surface area contributed by atoms with Crippen molar-refractivity contribution >= 4 is 23.2 Å². The molecule has 2 atom stereocenters. The van der Waals surface area contributed by atoms with Crippen LogP contribution in [0.5, 0.6) is 0 Å². The first-order valence-electron chi connectivity index (χ1n) is 6.49. The van der Waals surface area contributed by atoms with Crippen molar-refractivity contribution in [3.63, 3.8) is 0 Å². The normalized spacial score (nSPS) is 20.6. The fourth-order valence-corrected chi connectivity index (χ4v) is 2.85. The number of hydrogen-bond donors (Lipinski definition) is 2. The van der Waals surface area contributed by atoms with Crippen LogP contribution < -0.4 is 5.32 Å². The quantitative estimate of drug-likeness (QED) is 0.885. The first kappa shape index (κ1) is 13.1. The predicted octanol–water partition coefficient (Wildman–Crippen LogP) is 2.65. The average molecular weight is 289 g/mol. The Hall–Kier alpha value is -1.95. The molecule has 0 radical (unpaired) electrons. The van der Waals surface area contributed by atoms with Crippen molar-refractivity contribution < 1.29 is 9.90 Å². The van der Waals surface area contributed by atoms with Crippen LogP contribution in [0.25, 0.3) is 0 Å². The molecule has 3 rings (SSSR count). The molecule has 104 valence electrons. The molecule has 1 aromatic carbocycles. The number of carbonyl (C=O) groups is 1. The van der Waals surface area contributed by atoms with Gasteiger partial charge in [-0.3, -0.25) is 4.79 Å². The molecule has 2 aromatic rings. The van der Waals surface area contributed by atoms with E-state index in [4.69, 9.17) is 5.11 Å². The Bertz CT molecular complexity index is 624. The summed E-state index contributed by atoms with van der Waals surface area (Å²) < 4.78 is 3.90. The molecule has 2 N–H and O–H groups in total. The molecule has 0 bridgehead atoms. The van der Waals surface area contributed by atoms with E-state index < -0.39 is 5.97 Å². The zero-order valence-corrected chi connectivity index (χ0v) is 11.9. The van der Waals surface area contributed by atoms with Crippen LogP contribution in [0.2, 0.25) is 0 Å². The number of aryl methyl sites for hydroxylation is 1. The van der Waals surface area contributed by atoms with Gasteiger partial charge in [0.25, 0.3) is 0 Å². The van der Waals surface area contributed by atoms with Gasteiger partial charge in [0.15, 0.2) is 0 Å². The zero-order chi connectivity index (χ0) is 14.1. The number of carboxylic acid groups (broad SMARTS) is 1. The lowest BCUT2D eigenvalue weighted by molar-refractivity contribution is -0.138. The Labute approximate surface area is 120 Å². The molecule has 1 saturated carbocycles. The Morgan fingerprint density at radius 1 is 1.45 bits per heavy atom. The lowest BCUT2D eigenvalue weighted by Gasteiger charge is -2.06. The van der Waals surface area contributed by atoms with E-state index in [1.54, 1.807) is 0 Å². The summed E-state index contributed by atoms with van der Waals surface area (Å²) in [7, 11) is 0. The maximum atomic E-state index is 10.9. The smallest absolute Gasteiger partial charge is 0.307 e. The van der Waals surface area contributed by atoms with E-state index in [1.807, 2.05) is 31.2 Å². The number of nitrogens with one attached hydrogen (secondary N) is 1. The maximum absolute atomic E-state index is 10.9. The number of carboxylic acids is 1. The van der Waals surface area contributed by atoms with Crippen molar-refractivity contribution in [2.75, 3.05) is 5.32 Å². The molecule has 0 aliphatic heterocycles. The second-order valence-corrected chi connectivity index (χ2v) is 5.88. The van der Waals surface area contributed by atoms with Gasteiger partial charge in [0.2, 0.25) is 0 Å². The van der Waals surface area contributed by atoms with E-state index in [2.05, 4.69) is 14.9 Å². The van der Waals surface area contributed by atoms with Crippen LogP contribution in [-0.2, 0) is 11.3 Å². The highest BCUT2D eigenvalue weighted by atomic mass is 32.1. The van der Waals surface area contributed by atoms with Crippen LogP contribution in [0, 0.1) is 12.8 Å². The molecule has 5 nitrogen and oxygen atoms in total. The zero-order valence-electron chi connectivity index (χ0n) is 11.0. The monoisotopic (exact) mass is 289 g/mol. The van der Waals surface area contributed by atoms with E-state index >= 15 is 0 Å². The van der Waals surface area contributed by atoms with Crippen LogP contribution in [0.15, 0.2) is 24.3 Å². The maximum Gasteiger partial charge on any atom is 0.307 e. The summed E-state index contributed by atoms with van der Waals surface area (Å²) in [5.41, 5.74) is 3.09. The number of benzene rings is 1. The summed E-state index contributed by atoms with van der Waals surface area (Å²) in [6.45, 7) is 2.66. The van der Waals surface area contributed by atoms with E-state index in [0.717, 1.165) is 28.2 Å². The SMILES string of the molecule is Cc1nnsc1CNc1ccc([C@@H]2C[C@H]2C(=O)O)cc1. The summed E-state index contributed by atoms with van der Waals surface area (Å²) in [5, 5.41) is 16.2. The van der Waals surface area contributed by atoms with Crippen molar-refractivity contribution in [2.24, 2.45) is 5.92 Å². The third-order valence-corrected chi connectivity index (χ3v) is 4.47. The van der Waals surface area contributed by atoms with E-state index in [0.29, 0.717) is 6.54 Å². The molecule has 6 heteroatoms. The van der Waals surface area contributed by atoms with Gasteiger partial charge in [0, 0.05) is 5.69 Å². The predicted molar refractivity (Wildman–Crippen MR) is 76.9 cm³/mol. The minimum atomic E-state index is -0.689. The minimum Gasteiger partial charge on any atom is -0.481 e. The summed E-state index contributed by atoms with van der Waals surface area (Å²) in [4.78, 5) is 12.0. The Morgan fingerprint density at radius 2 is 2.20 bits per heavy atom. The first-order chi connectivity index (χ1) is 9.65. The van der Waals surface area contributed by atoms with Crippen LogP contribution in [0.4, 0.5) is 5.69 Å². The van der Waals surface area contributed by atoms with Gasteiger partial charge in [-0.15, -0.1) is 5.10 Å². The molecular weight excluding hydrogens is 274 g/mol. The Kier molecular flexibility index (Phi) is 3.40. The lowest BCUT2D eigenvalue weighted by atomic mass is 10.1. The van der Waals surface area contributed by atoms with Gasteiger partial charge in [-0.25, -0.2) is 0 Å². The highest BCUT2D eigenvalue weighted by molar-refractivity contribution is 7.05. The molecule has 0 spiro atoms. The van der Waals surface area contributed by atoms with Crippen molar-refractivity contribution in [3.05, 3.63) is 40.4 Å². The number of rotatable bonds is 5. The topological polar surface area (TPSA) is 75.1 Å². The highest BCUT2D eigenvalue weighted by Gasteiger charge is 2.43. The van der Waals surface area contributed by atoms with Gasteiger partial charge in [-0.2, -0.15) is 0 Å². The minimum absolute atomic E-state index is 0.189. The fourth-order valence-electron chi connectivity index (χ4n) is 2.28. The molecule has 0 amide bonds. The van der Waals surface area contributed by atoms with Crippen LogP contribution in [0.3, 0.4) is 0 Å². The molecule has 1 aromatic heterocycles. The molecule has 0 unspecified atom stereocenters. The summed E-state index contributed by atoms with van der Waals surface area (Å²) >= 11 is 1.40. The standard InChI is InChI=1S/C14H15N3O2S/c1-8-13(20-17-16-8)7-15-10-4-2-9(3-5-10)11-6-12(11)14(18)19/h2-5,11-12,15H,6-7H2,1H3,(H,18,19)/t11-,12+/m0/s1. The van der Waals surface area contributed by atoms with E-state index in [9.17, 15) is 4.79 Å². The van der Waals surface area contributed by atoms with Gasteiger partial charge in [-0.05, 0) is 48.5 Å². The van der Waals surface area contributed by atoms with Gasteiger partial charge < -0.3 is 10.4 Å². The second kappa shape index (κ2) is 5.20. The molecular formula is C14H15N3O2S. The number of aliphatic carboxylic acids is 1. The Balaban J connectivity index is 1.60. The van der Waals surface area contributed by atoms with Gasteiger partial charge in [0.1, 0.15) is 0 Å². The van der Waals surface area contributed by atoms with Crippen LogP contribution in [-0.4, -0.2) is 20.7 Å². The van der Waals surface area contributed by atoms with Crippen LogP contribution >= 0.6 is 11.5 Å².